The van der Waals surface area contributed by atoms with Crippen molar-refractivity contribution in [1.82, 2.24) is 30.2 Å². The molecule has 2 aliphatic rings. The minimum absolute atomic E-state index is 0.0134. The van der Waals surface area contributed by atoms with Crippen molar-refractivity contribution < 1.29 is 101 Å². The number of rotatable bonds is 20. The Hall–Kier alpha value is -3.02. The summed E-state index contributed by atoms with van der Waals surface area (Å²) >= 11 is 0.685. The Morgan fingerprint density at radius 1 is 1.00 bits per heavy atom. The number of anilines is 1. The Kier molecular flexibility index (Phi) is 16.3. The van der Waals surface area contributed by atoms with Crippen molar-refractivity contribution in [1.29, 1.82) is 0 Å². The average molecular weight is 926 g/mol. The van der Waals surface area contributed by atoms with E-state index in [4.69, 9.17) is 24.3 Å². The van der Waals surface area contributed by atoms with Crippen LogP contribution in [0.15, 0.2) is 24.5 Å². The van der Waals surface area contributed by atoms with E-state index in [2.05, 4.69) is 34.4 Å². The minimum atomic E-state index is -5.61. The van der Waals surface area contributed by atoms with Crippen molar-refractivity contribution in [2.24, 2.45) is 5.41 Å². The summed E-state index contributed by atoms with van der Waals surface area (Å²) < 4.78 is 66.8. The number of nitrogens with two attached hydrogens (primary N) is 1. The summed E-state index contributed by atoms with van der Waals surface area (Å²) in [4.78, 5) is 87.8. The first-order valence-electron chi connectivity index (χ1n) is 16.8. The number of amides is 2. The van der Waals surface area contributed by atoms with Gasteiger partial charge in [0, 0.05) is 30.7 Å². The van der Waals surface area contributed by atoms with Crippen molar-refractivity contribution in [3.63, 3.8) is 0 Å². The highest BCUT2D eigenvalue weighted by molar-refractivity contribution is 8.14. The van der Waals surface area contributed by atoms with E-state index >= 15 is 0 Å². The van der Waals surface area contributed by atoms with Crippen LogP contribution in [-0.2, 0) is 55.4 Å². The topological polar surface area (TPSA) is 434 Å². The third kappa shape index (κ3) is 13.5. The second-order valence-corrected chi connectivity index (χ2v) is 18.5. The number of phosphoric acid groups is 3. The number of fused-ring (bicyclic) bond motifs is 1. The molecule has 2 aromatic rings. The summed E-state index contributed by atoms with van der Waals surface area (Å²) in [6.07, 6.45) is -11.2. The van der Waals surface area contributed by atoms with Gasteiger partial charge in [0.1, 0.15) is 48.5 Å². The van der Waals surface area contributed by atoms with E-state index in [1.165, 1.54) is 13.8 Å². The molecule has 0 bridgehead atoms. The normalized spacial score (nSPS) is 26.3. The van der Waals surface area contributed by atoms with Crippen LogP contribution >= 0.6 is 35.2 Å². The maximum Gasteiger partial charge on any atom is 0.481 e. The first kappa shape index (κ1) is 48.6. The lowest BCUT2D eigenvalue weighted by Gasteiger charge is -2.30. The maximum atomic E-state index is 12.7. The van der Waals surface area contributed by atoms with Crippen LogP contribution in [0.5, 0.6) is 0 Å². The smallest absolute Gasteiger partial charge is 0.458 e. The van der Waals surface area contributed by atoms with Gasteiger partial charge in [-0.1, -0.05) is 25.6 Å². The molecule has 10 atom stereocenters. The van der Waals surface area contributed by atoms with Gasteiger partial charge in [0.15, 0.2) is 23.5 Å². The summed E-state index contributed by atoms with van der Waals surface area (Å²) in [6, 6.07) is 0. The lowest BCUT2D eigenvalue weighted by molar-refractivity contribution is -0.175. The van der Waals surface area contributed by atoms with Crippen LogP contribution in [0.25, 0.3) is 11.2 Å². The van der Waals surface area contributed by atoms with E-state index in [9.17, 15) is 73.2 Å². The van der Waals surface area contributed by atoms with E-state index in [1.54, 1.807) is 0 Å². The second kappa shape index (κ2) is 19.8. The third-order valence-corrected chi connectivity index (χ3v) is 12.1. The molecule has 2 amide bonds. The monoisotopic (exact) mass is 925 g/mol. The van der Waals surface area contributed by atoms with E-state index < -0.39 is 108 Å². The van der Waals surface area contributed by atoms with E-state index in [0.29, 0.717) is 11.8 Å². The molecular weight excluding hydrogens is 883 g/mol. The molecule has 13 N–H and O–H groups in total. The molecule has 28 nitrogen and oxygen atoms in total. The standard InChI is InChI=1S/C27H42N7O21P3S/c1-27(2,20(39)23(40)30-4-3-15(36)29-5-6-59-26(42)13-7-12(35)17(37)25(41)53-13)9-51-58(48,49)55-57(46,47)50-8-14-19(54-56(43,44)45)18(38)24(52-14)34-11-33-16-21(28)31-10-32-22(16)34/h7,10-12,14,17-20,24-25,35,37-39,41H,3-6,8-9H2,1-2H3,(H,29,36)(H,30,40)(H,46,47)(H,48,49)(H2,28,31,32)(H2,43,44,45). The van der Waals surface area contributed by atoms with Gasteiger partial charge < -0.3 is 70.9 Å². The summed E-state index contributed by atoms with van der Waals surface area (Å²) in [5.74, 6) is -2.01. The van der Waals surface area contributed by atoms with Gasteiger partial charge in [0.2, 0.25) is 18.1 Å². The zero-order chi connectivity index (χ0) is 44.1. The highest BCUT2D eigenvalue weighted by atomic mass is 32.2. The molecule has 0 saturated carbocycles. The quantitative estimate of drug-likeness (QED) is 0.0455. The molecule has 0 spiro atoms. The number of aliphatic hydroxyl groups excluding tert-OH is 5. The van der Waals surface area contributed by atoms with Gasteiger partial charge in [-0.3, -0.25) is 32.5 Å². The Labute approximate surface area is 336 Å². The number of aliphatic hydroxyl groups is 5. The zero-order valence-electron chi connectivity index (χ0n) is 30.6. The van der Waals surface area contributed by atoms with Crippen LogP contribution < -0.4 is 16.4 Å². The highest BCUT2D eigenvalue weighted by Gasteiger charge is 2.50. The van der Waals surface area contributed by atoms with Gasteiger partial charge >= 0.3 is 23.5 Å². The summed E-state index contributed by atoms with van der Waals surface area (Å²) in [6.45, 7) is 0.0129. The number of hydrogen-bond acceptors (Lipinski definition) is 22. The Bertz CT molecular complexity index is 2020. The van der Waals surface area contributed by atoms with Crippen LogP contribution in [0.1, 0.15) is 26.5 Å². The largest absolute Gasteiger partial charge is 0.481 e. The average Bonchev–Trinajstić information content (AvgIpc) is 3.70. The number of aromatic nitrogens is 4. The molecule has 1 saturated heterocycles. The summed E-state index contributed by atoms with van der Waals surface area (Å²) in [5.41, 5.74) is 4.16. The first-order chi connectivity index (χ1) is 27.3. The van der Waals surface area contributed by atoms with Crippen LogP contribution in [0, 0.1) is 5.41 Å². The second-order valence-electron chi connectivity index (χ2n) is 13.2. The fourth-order valence-corrected chi connectivity index (χ4v) is 8.60. The summed E-state index contributed by atoms with van der Waals surface area (Å²) in [7, 11) is -16.5. The molecule has 0 aliphatic carbocycles. The number of phosphoric ester groups is 3. The van der Waals surface area contributed by atoms with Crippen molar-refractivity contribution >= 4 is 69.1 Å². The van der Waals surface area contributed by atoms with Crippen molar-refractivity contribution in [2.45, 2.75) is 69.4 Å². The van der Waals surface area contributed by atoms with Crippen LogP contribution in [0.2, 0.25) is 0 Å². The van der Waals surface area contributed by atoms with Gasteiger partial charge in [-0.2, -0.15) is 4.31 Å². The molecule has 4 heterocycles. The molecule has 1 fully saturated rings. The van der Waals surface area contributed by atoms with Gasteiger partial charge in [0.05, 0.1) is 19.5 Å². The van der Waals surface area contributed by atoms with E-state index in [0.717, 1.165) is 23.3 Å². The maximum absolute atomic E-state index is 12.7. The lowest BCUT2D eigenvalue weighted by Crippen LogP contribution is -2.46. The number of ether oxygens (including phenoxy) is 2. The number of thioether (sulfide) groups is 1. The first-order valence-corrected chi connectivity index (χ1v) is 22.3. The fraction of sp³-hybridized carbons (Fsp3) is 0.630. The number of carbonyl (C=O) groups is 3. The van der Waals surface area contributed by atoms with Crippen molar-refractivity contribution in [3.05, 3.63) is 24.5 Å². The molecule has 2 aliphatic heterocycles. The molecule has 4 rings (SSSR count). The zero-order valence-corrected chi connectivity index (χ0v) is 34.1. The van der Waals surface area contributed by atoms with Gasteiger partial charge in [-0.05, 0) is 6.08 Å². The summed E-state index contributed by atoms with van der Waals surface area (Å²) in [5, 5.41) is 54.1. The fourth-order valence-electron chi connectivity index (χ4n) is 5.12. The molecule has 0 aromatic carbocycles. The predicted octanol–water partition coefficient (Wildman–Crippen LogP) is -3.38. The van der Waals surface area contributed by atoms with Crippen LogP contribution in [0.4, 0.5) is 5.82 Å². The van der Waals surface area contributed by atoms with E-state index in [1.807, 2.05) is 0 Å². The van der Waals surface area contributed by atoms with Crippen LogP contribution in [-0.4, -0.2) is 157 Å². The van der Waals surface area contributed by atoms with Gasteiger partial charge in [-0.15, -0.1) is 0 Å². The Morgan fingerprint density at radius 3 is 2.34 bits per heavy atom. The Morgan fingerprint density at radius 2 is 1.68 bits per heavy atom. The van der Waals surface area contributed by atoms with Crippen molar-refractivity contribution in [2.75, 3.05) is 37.8 Å². The number of hydrogen-bond donors (Lipinski definition) is 12. The Balaban J connectivity index is 1.21. The molecule has 0 radical (unpaired) electrons. The predicted molar refractivity (Wildman–Crippen MR) is 194 cm³/mol. The molecular formula is C27H42N7O21P3S. The number of nitrogens with zero attached hydrogens (tertiary/aromatic N) is 4. The number of imidazole rings is 1. The third-order valence-electron chi connectivity index (χ3n) is 8.15. The number of nitrogen functional groups attached to an aromatic ring is 1. The minimum Gasteiger partial charge on any atom is -0.458 e. The van der Waals surface area contributed by atoms with Crippen LogP contribution in [0.3, 0.4) is 0 Å². The lowest BCUT2D eigenvalue weighted by atomic mass is 9.87. The molecule has 332 valence electrons. The SMILES string of the molecule is CC(C)(COP(=O)(O)OP(=O)(O)OCC1OC(n2cnc3c(N)ncnc32)C(O)C1OP(=O)(O)O)C(O)C(=O)NCCC(=O)NCCSC(=O)C1=CC(O)C(O)C(O)O1. The number of nitrogens with one attached hydrogen (secondary N) is 2. The highest BCUT2D eigenvalue weighted by Crippen LogP contribution is 2.61. The molecule has 59 heavy (non-hydrogen) atoms. The van der Waals surface area contributed by atoms with E-state index in [-0.39, 0.29) is 48.0 Å². The van der Waals surface area contributed by atoms with Gasteiger partial charge in [0.25, 0.3) is 5.12 Å². The molecule has 2 aromatic heterocycles. The number of carbonyl (C=O) groups excluding carboxylic acids is 3. The molecule has 10 unspecified atom stereocenters. The van der Waals surface area contributed by atoms with Gasteiger partial charge in [-0.25, -0.2) is 28.6 Å². The van der Waals surface area contributed by atoms with Crippen molar-refractivity contribution in [3.8, 4) is 0 Å². The molecule has 32 heteroatoms.